The third kappa shape index (κ3) is 5.37. The first-order valence-electron chi connectivity index (χ1n) is 5.55. The number of hydrogen-bond acceptors (Lipinski definition) is 3. The van der Waals surface area contributed by atoms with Crippen molar-refractivity contribution < 1.29 is 9.84 Å². The molecule has 1 aromatic rings. The summed E-state index contributed by atoms with van der Waals surface area (Å²) in [6.45, 7) is 2.48. The van der Waals surface area contributed by atoms with Crippen molar-refractivity contribution in [3.63, 3.8) is 0 Å². The number of nitrogens with zero attached hydrogens (tertiary/aromatic N) is 1. The van der Waals surface area contributed by atoms with Gasteiger partial charge < -0.3 is 9.84 Å². The van der Waals surface area contributed by atoms with E-state index < -0.39 is 0 Å². The normalized spacial score (nSPS) is 12.4. The van der Waals surface area contributed by atoms with Crippen LogP contribution >= 0.6 is 0 Å². The number of ether oxygens (including phenoxy) is 1. The molecule has 1 rings (SSSR count). The van der Waals surface area contributed by atoms with Crippen LogP contribution < -0.4 is 4.74 Å². The molecule has 1 unspecified atom stereocenters. The van der Waals surface area contributed by atoms with Crippen LogP contribution in [0.4, 0.5) is 0 Å². The molecule has 0 aliphatic carbocycles. The summed E-state index contributed by atoms with van der Waals surface area (Å²) in [5.41, 5.74) is 0. The zero-order valence-corrected chi connectivity index (χ0v) is 9.22. The van der Waals surface area contributed by atoms with Gasteiger partial charge in [0.1, 0.15) is 6.61 Å². The van der Waals surface area contributed by atoms with Crippen LogP contribution in [0.1, 0.15) is 32.6 Å². The van der Waals surface area contributed by atoms with E-state index in [0.29, 0.717) is 12.5 Å². The lowest BCUT2D eigenvalue weighted by atomic mass is 10.1. The van der Waals surface area contributed by atoms with Crippen molar-refractivity contribution in [1.82, 2.24) is 4.98 Å². The number of aliphatic hydroxyl groups excluding tert-OH is 1. The Balaban J connectivity index is 2.14. The molecule has 1 heterocycles. The molecule has 15 heavy (non-hydrogen) atoms. The third-order valence-electron chi connectivity index (χ3n) is 2.20. The topological polar surface area (TPSA) is 42.4 Å². The van der Waals surface area contributed by atoms with Crippen molar-refractivity contribution in [2.45, 2.75) is 38.7 Å². The van der Waals surface area contributed by atoms with Gasteiger partial charge in [0.05, 0.1) is 6.10 Å². The molecule has 0 saturated carbocycles. The zero-order valence-electron chi connectivity index (χ0n) is 9.22. The van der Waals surface area contributed by atoms with Crippen LogP contribution in [0.25, 0.3) is 0 Å². The van der Waals surface area contributed by atoms with Crippen LogP contribution in [0.15, 0.2) is 24.4 Å². The molecule has 3 heteroatoms. The second-order valence-electron chi connectivity index (χ2n) is 3.63. The van der Waals surface area contributed by atoms with Gasteiger partial charge in [-0.25, -0.2) is 4.98 Å². The van der Waals surface area contributed by atoms with E-state index in [9.17, 15) is 5.11 Å². The molecule has 0 aliphatic heterocycles. The summed E-state index contributed by atoms with van der Waals surface area (Å²) in [6, 6.07) is 5.50. The second kappa shape index (κ2) is 7.23. The monoisotopic (exact) mass is 209 g/mol. The van der Waals surface area contributed by atoms with Gasteiger partial charge in [-0.3, -0.25) is 0 Å². The van der Waals surface area contributed by atoms with E-state index in [2.05, 4.69) is 11.9 Å². The Labute approximate surface area is 91.1 Å². The minimum Gasteiger partial charge on any atom is -0.475 e. The van der Waals surface area contributed by atoms with Crippen LogP contribution in [0.5, 0.6) is 5.88 Å². The molecule has 0 radical (unpaired) electrons. The summed E-state index contributed by atoms with van der Waals surface area (Å²) in [4.78, 5) is 4.01. The number of rotatable bonds is 7. The van der Waals surface area contributed by atoms with E-state index in [1.54, 1.807) is 12.3 Å². The zero-order chi connectivity index (χ0) is 10.9. The maximum Gasteiger partial charge on any atom is 0.213 e. The highest BCUT2D eigenvalue weighted by Gasteiger charge is 2.04. The van der Waals surface area contributed by atoms with E-state index in [1.165, 1.54) is 12.8 Å². The van der Waals surface area contributed by atoms with Gasteiger partial charge in [0, 0.05) is 12.3 Å². The quantitative estimate of drug-likeness (QED) is 0.701. The second-order valence-corrected chi connectivity index (χ2v) is 3.63. The van der Waals surface area contributed by atoms with Gasteiger partial charge in [-0.15, -0.1) is 0 Å². The molecular formula is C12H19NO2. The van der Waals surface area contributed by atoms with Gasteiger partial charge in [-0.1, -0.05) is 32.3 Å². The van der Waals surface area contributed by atoms with Gasteiger partial charge >= 0.3 is 0 Å². The molecule has 0 fully saturated rings. The molecule has 1 atom stereocenters. The highest BCUT2D eigenvalue weighted by molar-refractivity contribution is 5.09. The number of aliphatic hydroxyl groups is 1. The summed E-state index contributed by atoms with van der Waals surface area (Å²) in [5.74, 6) is 0.576. The highest BCUT2D eigenvalue weighted by Crippen LogP contribution is 2.07. The molecule has 0 saturated heterocycles. The fourth-order valence-electron chi connectivity index (χ4n) is 1.33. The first-order chi connectivity index (χ1) is 7.33. The van der Waals surface area contributed by atoms with Gasteiger partial charge in [0.15, 0.2) is 0 Å². The standard InChI is InChI=1S/C12H19NO2/c1-2-3-4-7-11(14)10-15-12-8-5-6-9-13-12/h5-6,8-9,11,14H,2-4,7,10H2,1H3. The van der Waals surface area contributed by atoms with E-state index in [1.807, 2.05) is 12.1 Å². The molecule has 1 N–H and O–H groups in total. The third-order valence-corrected chi connectivity index (χ3v) is 2.20. The number of pyridine rings is 1. The maximum absolute atomic E-state index is 9.58. The highest BCUT2D eigenvalue weighted by atomic mass is 16.5. The van der Waals surface area contributed by atoms with Crippen LogP contribution in [-0.4, -0.2) is 22.8 Å². The van der Waals surface area contributed by atoms with Crippen LogP contribution in [0.2, 0.25) is 0 Å². The summed E-state index contributed by atoms with van der Waals surface area (Å²) in [5, 5.41) is 9.58. The first-order valence-corrected chi connectivity index (χ1v) is 5.55. The van der Waals surface area contributed by atoms with Gasteiger partial charge in [-0.05, 0) is 12.5 Å². The van der Waals surface area contributed by atoms with E-state index >= 15 is 0 Å². The van der Waals surface area contributed by atoms with Crippen LogP contribution in [0.3, 0.4) is 0 Å². The molecule has 0 spiro atoms. The van der Waals surface area contributed by atoms with Gasteiger partial charge in [0.25, 0.3) is 0 Å². The maximum atomic E-state index is 9.58. The fourth-order valence-corrected chi connectivity index (χ4v) is 1.33. The number of hydrogen-bond donors (Lipinski definition) is 1. The average Bonchev–Trinajstić information content (AvgIpc) is 2.28. The van der Waals surface area contributed by atoms with Crippen molar-refractivity contribution in [2.75, 3.05) is 6.61 Å². The predicted octanol–water partition coefficient (Wildman–Crippen LogP) is 2.40. The van der Waals surface area contributed by atoms with Crippen molar-refractivity contribution in [3.8, 4) is 5.88 Å². The van der Waals surface area contributed by atoms with Crippen LogP contribution in [-0.2, 0) is 0 Å². The fraction of sp³-hybridized carbons (Fsp3) is 0.583. The number of aromatic nitrogens is 1. The molecule has 0 aromatic carbocycles. The number of unbranched alkanes of at least 4 members (excludes halogenated alkanes) is 2. The van der Waals surface area contributed by atoms with E-state index in [-0.39, 0.29) is 6.10 Å². The Morgan fingerprint density at radius 1 is 1.40 bits per heavy atom. The molecule has 1 aromatic heterocycles. The summed E-state index contributed by atoms with van der Waals surface area (Å²) in [7, 11) is 0. The Morgan fingerprint density at radius 2 is 2.27 bits per heavy atom. The van der Waals surface area contributed by atoms with E-state index in [4.69, 9.17) is 4.74 Å². The summed E-state index contributed by atoms with van der Waals surface area (Å²) >= 11 is 0. The SMILES string of the molecule is CCCCCC(O)COc1ccccn1. The van der Waals surface area contributed by atoms with Crippen molar-refractivity contribution in [3.05, 3.63) is 24.4 Å². The molecule has 84 valence electrons. The van der Waals surface area contributed by atoms with Crippen molar-refractivity contribution >= 4 is 0 Å². The molecule has 3 nitrogen and oxygen atoms in total. The van der Waals surface area contributed by atoms with Gasteiger partial charge in [0.2, 0.25) is 5.88 Å². The Morgan fingerprint density at radius 3 is 2.93 bits per heavy atom. The van der Waals surface area contributed by atoms with Gasteiger partial charge in [-0.2, -0.15) is 0 Å². The van der Waals surface area contributed by atoms with Crippen molar-refractivity contribution in [1.29, 1.82) is 0 Å². The lowest BCUT2D eigenvalue weighted by Gasteiger charge is -2.10. The lowest BCUT2D eigenvalue weighted by molar-refractivity contribution is 0.0953. The summed E-state index contributed by atoms with van der Waals surface area (Å²) in [6.07, 6.45) is 5.51. The van der Waals surface area contributed by atoms with E-state index in [0.717, 1.165) is 12.8 Å². The van der Waals surface area contributed by atoms with Crippen molar-refractivity contribution in [2.24, 2.45) is 0 Å². The Hall–Kier alpha value is -1.09. The average molecular weight is 209 g/mol. The smallest absolute Gasteiger partial charge is 0.213 e. The predicted molar refractivity (Wildman–Crippen MR) is 59.9 cm³/mol. The Kier molecular flexibility index (Phi) is 5.78. The molecular weight excluding hydrogens is 190 g/mol. The minimum absolute atomic E-state index is 0.334. The Bertz CT molecular complexity index is 251. The molecule has 0 bridgehead atoms. The summed E-state index contributed by atoms with van der Waals surface area (Å²) < 4.78 is 5.34. The van der Waals surface area contributed by atoms with Crippen LogP contribution in [0, 0.1) is 0 Å². The minimum atomic E-state index is -0.376. The largest absolute Gasteiger partial charge is 0.475 e. The lowest BCUT2D eigenvalue weighted by Crippen LogP contribution is -2.17. The first kappa shape index (κ1) is 12.0. The molecule has 0 amide bonds. The molecule has 0 aliphatic rings.